The van der Waals surface area contributed by atoms with Crippen molar-refractivity contribution in [1.82, 2.24) is 10.2 Å². The molecule has 3 heteroatoms. The normalized spacial score (nSPS) is 41.4. The van der Waals surface area contributed by atoms with Crippen molar-refractivity contribution in [2.75, 3.05) is 37.7 Å². The van der Waals surface area contributed by atoms with Gasteiger partial charge in [-0.25, -0.2) is 0 Å². The van der Waals surface area contributed by atoms with Gasteiger partial charge in [0.1, 0.15) is 0 Å². The number of piperazine rings is 1. The smallest absolute Gasteiger partial charge is 0.0309 e. The van der Waals surface area contributed by atoms with Crippen molar-refractivity contribution in [3.05, 3.63) is 0 Å². The van der Waals surface area contributed by atoms with Gasteiger partial charge >= 0.3 is 0 Å². The van der Waals surface area contributed by atoms with Crippen molar-refractivity contribution in [3.8, 4) is 0 Å². The van der Waals surface area contributed by atoms with E-state index in [9.17, 15) is 0 Å². The monoisotopic (exact) mass is 240 g/mol. The lowest BCUT2D eigenvalue weighted by Crippen LogP contribution is -2.60. The summed E-state index contributed by atoms with van der Waals surface area (Å²) < 4.78 is 0. The van der Waals surface area contributed by atoms with Crippen LogP contribution >= 0.6 is 11.8 Å². The van der Waals surface area contributed by atoms with Gasteiger partial charge in [-0.05, 0) is 49.5 Å². The fraction of sp³-hybridized carbons (Fsp3) is 1.00. The largest absolute Gasteiger partial charge is 0.309 e. The van der Waals surface area contributed by atoms with E-state index < -0.39 is 0 Å². The molecular weight excluding hydrogens is 216 g/mol. The maximum Gasteiger partial charge on any atom is 0.0309 e. The van der Waals surface area contributed by atoms with Gasteiger partial charge in [-0.15, -0.1) is 0 Å². The van der Waals surface area contributed by atoms with Crippen LogP contribution in [0.2, 0.25) is 0 Å². The zero-order valence-corrected chi connectivity index (χ0v) is 11.2. The van der Waals surface area contributed by atoms with Crippen molar-refractivity contribution in [3.63, 3.8) is 0 Å². The topological polar surface area (TPSA) is 15.3 Å². The third-order valence-electron chi connectivity index (χ3n) is 4.53. The lowest BCUT2D eigenvalue weighted by molar-refractivity contribution is 0.115. The van der Waals surface area contributed by atoms with Crippen LogP contribution in [0.3, 0.4) is 0 Å². The zero-order chi connectivity index (χ0) is 11.0. The average Bonchev–Trinajstić information content (AvgIpc) is 3.01. The number of rotatable bonds is 3. The second kappa shape index (κ2) is 4.51. The molecule has 0 bridgehead atoms. The summed E-state index contributed by atoms with van der Waals surface area (Å²) in [5.41, 5.74) is 0.435. The van der Waals surface area contributed by atoms with Crippen LogP contribution < -0.4 is 5.32 Å². The first kappa shape index (κ1) is 11.4. The van der Waals surface area contributed by atoms with Crippen molar-refractivity contribution < 1.29 is 0 Å². The second-order valence-electron chi connectivity index (χ2n) is 6.08. The van der Waals surface area contributed by atoms with Gasteiger partial charge in [-0.2, -0.15) is 11.8 Å². The van der Waals surface area contributed by atoms with Gasteiger partial charge in [0.15, 0.2) is 0 Å². The molecule has 3 fully saturated rings. The Morgan fingerprint density at radius 3 is 2.94 bits per heavy atom. The van der Waals surface area contributed by atoms with E-state index in [2.05, 4.69) is 28.9 Å². The predicted molar refractivity (Wildman–Crippen MR) is 71.0 cm³/mol. The van der Waals surface area contributed by atoms with E-state index in [1.807, 2.05) is 0 Å². The summed E-state index contributed by atoms with van der Waals surface area (Å²) in [4.78, 5) is 2.73. The number of nitrogens with one attached hydrogen (secondary N) is 1. The standard InChI is InChI=1S/C13H24N2S/c1-13(12-2-3-12)10-15(6-5-14-13)8-11-4-7-16-9-11/h11-12,14H,2-10H2,1H3. The quantitative estimate of drug-likeness (QED) is 0.810. The predicted octanol–water partition coefficient (Wildman–Crippen LogP) is 1.81. The van der Waals surface area contributed by atoms with Gasteiger partial charge in [0.25, 0.3) is 0 Å². The molecule has 92 valence electrons. The maximum absolute atomic E-state index is 3.77. The van der Waals surface area contributed by atoms with E-state index in [0.29, 0.717) is 5.54 Å². The third kappa shape index (κ3) is 2.41. The Morgan fingerprint density at radius 1 is 1.38 bits per heavy atom. The molecule has 0 amide bonds. The summed E-state index contributed by atoms with van der Waals surface area (Å²) >= 11 is 2.15. The Morgan fingerprint density at radius 2 is 2.25 bits per heavy atom. The van der Waals surface area contributed by atoms with Gasteiger partial charge < -0.3 is 5.32 Å². The number of hydrogen-bond donors (Lipinski definition) is 1. The van der Waals surface area contributed by atoms with Gasteiger partial charge in [0, 0.05) is 31.7 Å². The molecular formula is C13H24N2S. The molecule has 1 aliphatic carbocycles. The fourth-order valence-electron chi connectivity index (χ4n) is 3.34. The first-order chi connectivity index (χ1) is 7.76. The molecule has 16 heavy (non-hydrogen) atoms. The first-order valence-corrected chi connectivity index (χ1v) is 7.97. The summed E-state index contributed by atoms with van der Waals surface area (Å²) in [6, 6.07) is 0. The molecule has 2 atom stereocenters. The van der Waals surface area contributed by atoms with Crippen molar-refractivity contribution in [2.24, 2.45) is 11.8 Å². The minimum absolute atomic E-state index is 0.435. The van der Waals surface area contributed by atoms with E-state index in [-0.39, 0.29) is 0 Å². The molecule has 2 aliphatic heterocycles. The summed E-state index contributed by atoms with van der Waals surface area (Å²) in [6.45, 7) is 7.56. The SMILES string of the molecule is CC1(C2CC2)CN(CC2CCSC2)CCN1. The second-order valence-corrected chi connectivity index (χ2v) is 7.23. The molecule has 2 nitrogen and oxygen atoms in total. The van der Waals surface area contributed by atoms with Crippen LogP contribution in [-0.2, 0) is 0 Å². The van der Waals surface area contributed by atoms with Crippen molar-refractivity contribution >= 4 is 11.8 Å². The van der Waals surface area contributed by atoms with Crippen LogP contribution in [0.15, 0.2) is 0 Å². The highest BCUT2D eigenvalue weighted by Gasteiger charge is 2.43. The summed E-state index contributed by atoms with van der Waals surface area (Å²) in [5.74, 6) is 4.75. The molecule has 0 radical (unpaired) electrons. The van der Waals surface area contributed by atoms with Crippen LogP contribution in [0, 0.1) is 11.8 Å². The highest BCUT2D eigenvalue weighted by atomic mass is 32.2. The van der Waals surface area contributed by atoms with E-state index in [0.717, 1.165) is 11.8 Å². The van der Waals surface area contributed by atoms with Crippen LogP contribution in [0.5, 0.6) is 0 Å². The van der Waals surface area contributed by atoms with E-state index in [4.69, 9.17) is 0 Å². The molecule has 0 aromatic carbocycles. The highest BCUT2D eigenvalue weighted by molar-refractivity contribution is 7.99. The average molecular weight is 240 g/mol. The van der Waals surface area contributed by atoms with E-state index in [1.165, 1.54) is 56.9 Å². The summed E-state index contributed by atoms with van der Waals surface area (Å²) in [5, 5.41) is 3.77. The Balaban J connectivity index is 1.54. The minimum atomic E-state index is 0.435. The molecule has 3 rings (SSSR count). The van der Waals surface area contributed by atoms with E-state index >= 15 is 0 Å². The molecule has 2 saturated heterocycles. The third-order valence-corrected chi connectivity index (χ3v) is 5.76. The molecule has 2 unspecified atom stereocenters. The van der Waals surface area contributed by atoms with Crippen LogP contribution in [-0.4, -0.2) is 48.1 Å². The first-order valence-electron chi connectivity index (χ1n) is 6.81. The number of nitrogens with zero attached hydrogens (tertiary/aromatic N) is 1. The molecule has 0 spiro atoms. The van der Waals surface area contributed by atoms with Crippen LogP contribution in [0.1, 0.15) is 26.2 Å². The Bertz CT molecular complexity index is 248. The van der Waals surface area contributed by atoms with Gasteiger partial charge in [-0.1, -0.05) is 0 Å². The molecule has 1 saturated carbocycles. The number of hydrogen-bond acceptors (Lipinski definition) is 3. The Hall–Kier alpha value is 0.270. The molecule has 0 aromatic heterocycles. The Labute approximate surface area is 104 Å². The molecule has 0 aromatic rings. The number of thioether (sulfide) groups is 1. The van der Waals surface area contributed by atoms with E-state index in [1.54, 1.807) is 0 Å². The zero-order valence-electron chi connectivity index (χ0n) is 10.4. The highest BCUT2D eigenvalue weighted by Crippen LogP contribution is 2.41. The van der Waals surface area contributed by atoms with Gasteiger partial charge in [0.05, 0.1) is 0 Å². The summed E-state index contributed by atoms with van der Waals surface area (Å²) in [6.07, 6.45) is 4.36. The Kier molecular flexibility index (Phi) is 3.20. The van der Waals surface area contributed by atoms with Gasteiger partial charge in [-0.3, -0.25) is 4.90 Å². The summed E-state index contributed by atoms with van der Waals surface area (Å²) in [7, 11) is 0. The maximum atomic E-state index is 3.77. The van der Waals surface area contributed by atoms with Crippen LogP contribution in [0.4, 0.5) is 0 Å². The molecule has 3 aliphatic rings. The minimum Gasteiger partial charge on any atom is -0.309 e. The van der Waals surface area contributed by atoms with Crippen LogP contribution in [0.25, 0.3) is 0 Å². The lowest BCUT2D eigenvalue weighted by Gasteiger charge is -2.42. The van der Waals surface area contributed by atoms with Crippen molar-refractivity contribution in [2.45, 2.75) is 31.7 Å². The lowest BCUT2D eigenvalue weighted by atomic mass is 9.92. The van der Waals surface area contributed by atoms with Gasteiger partial charge in [0.2, 0.25) is 0 Å². The molecule has 1 N–H and O–H groups in total. The molecule has 2 heterocycles. The fourth-order valence-corrected chi connectivity index (χ4v) is 4.61. The van der Waals surface area contributed by atoms with Crippen molar-refractivity contribution in [1.29, 1.82) is 0 Å².